The number of nitrogen functional groups attached to an aromatic ring is 1. The van der Waals surface area contributed by atoms with Gasteiger partial charge in [-0.05, 0) is 30.9 Å². The molecule has 0 aliphatic heterocycles. The van der Waals surface area contributed by atoms with Gasteiger partial charge in [0.15, 0.2) is 5.82 Å². The Kier molecular flexibility index (Phi) is 4.83. The summed E-state index contributed by atoms with van der Waals surface area (Å²) in [4.78, 5) is -0.597. The van der Waals surface area contributed by atoms with Crippen molar-refractivity contribution in [3.8, 4) is 0 Å². The second-order valence-corrected chi connectivity index (χ2v) is 7.21. The number of benzene rings is 1. The van der Waals surface area contributed by atoms with Crippen LogP contribution in [0.15, 0.2) is 17.0 Å². The number of halogens is 2. The molecule has 0 radical (unpaired) electrons. The summed E-state index contributed by atoms with van der Waals surface area (Å²) >= 11 is 0. The molecule has 0 heterocycles. The van der Waals surface area contributed by atoms with Gasteiger partial charge in [-0.15, -0.1) is 0 Å². The van der Waals surface area contributed by atoms with E-state index in [1.54, 1.807) is 0 Å². The molecule has 0 aromatic heterocycles. The van der Waals surface area contributed by atoms with Crippen molar-refractivity contribution < 1.29 is 17.2 Å². The van der Waals surface area contributed by atoms with Crippen molar-refractivity contribution >= 4 is 15.7 Å². The molecule has 0 spiro atoms. The molecule has 2 atom stereocenters. The molecule has 3 N–H and O–H groups in total. The van der Waals surface area contributed by atoms with E-state index in [-0.39, 0.29) is 6.04 Å². The van der Waals surface area contributed by atoms with Gasteiger partial charge in [0.25, 0.3) is 0 Å². The van der Waals surface area contributed by atoms with Crippen LogP contribution in [0.25, 0.3) is 0 Å². The van der Waals surface area contributed by atoms with E-state index in [1.165, 1.54) is 0 Å². The first-order valence-corrected chi connectivity index (χ1v) is 8.59. The van der Waals surface area contributed by atoms with Gasteiger partial charge in [-0.2, -0.15) is 0 Å². The minimum atomic E-state index is -4.03. The van der Waals surface area contributed by atoms with Crippen LogP contribution in [0.3, 0.4) is 0 Å². The molecule has 118 valence electrons. The van der Waals surface area contributed by atoms with Crippen molar-refractivity contribution in [1.29, 1.82) is 0 Å². The molecule has 7 heteroatoms. The highest BCUT2D eigenvalue weighted by molar-refractivity contribution is 7.89. The van der Waals surface area contributed by atoms with Crippen LogP contribution in [-0.4, -0.2) is 14.5 Å². The molecule has 21 heavy (non-hydrogen) atoms. The highest BCUT2D eigenvalue weighted by atomic mass is 32.2. The van der Waals surface area contributed by atoms with E-state index in [1.807, 2.05) is 0 Å². The van der Waals surface area contributed by atoms with E-state index in [2.05, 4.69) is 11.6 Å². The molecule has 2 unspecified atom stereocenters. The third-order valence-corrected chi connectivity index (χ3v) is 5.60. The van der Waals surface area contributed by atoms with Gasteiger partial charge in [-0.3, -0.25) is 0 Å². The molecule has 1 saturated carbocycles. The highest BCUT2D eigenvalue weighted by Crippen LogP contribution is 2.28. The van der Waals surface area contributed by atoms with Crippen molar-refractivity contribution in [1.82, 2.24) is 4.72 Å². The Morgan fingerprint density at radius 1 is 1.33 bits per heavy atom. The van der Waals surface area contributed by atoms with Crippen LogP contribution in [0.4, 0.5) is 14.5 Å². The Morgan fingerprint density at radius 3 is 2.71 bits per heavy atom. The standard InChI is InChI=1S/C14H20F2N2O2S/c1-2-9-4-3-5-10(8-9)18-21(19,20)12-7-6-11(15)14(17)13(12)16/h6-7,9-10,18H,2-5,8,17H2,1H3. The first-order valence-electron chi connectivity index (χ1n) is 7.11. The van der Waals surface area contributed by atoms with Crippen LogP contribution in [0, 0.1) is 17.6 Å². The molecule has 1 aliphatic carbocycles. The third kappa shape index (κ3) is 3.52. The maximum atomic E-state index is 13.9. The van der Waals surface area contributed by atoms with Crippen molar-refractivity contribution in [2.75, 3.05) is 5.73 Å². The van der Waals surface area contributed by atoms with Gasteiger partial charge in [0.05, 0.1) is 0 Å². The maximum Gasteiger partial charge on any atom is 0.243 e. The summed E-state index contributed by atoms with van der Waals surface area (Å²) in [5, 5.41) is 0. The van der Waals surface area contributed by atoms with E-state index in [0.29, 0.717) is 5.92 Å². The van der Waals surface area contributed by atoms with Gasteiger partial charge in [0.2, 0.25) is 10.0 Å². The second kappa shape index (κ2) is 6.27. The number of nitrogens with one attached hydrogen (secondary N) is 1. The summed E-state index contributed by atoms with van der Waals surface area (Å²) in [5.41, 5.74) is 4.44. The van der Waals surface area contributed by atoms with E-state index in [0.717, 1.165) is 44.2 Å². The Labute approximate surface area is 123 Å². The Bertz CT molecular complexity index is 620. The van der Waals surface area contributed by atoms with Gasteiger partial charge >= 0.3 is 0 Å². The number of hydrogen-bond donors (Lipinski definition) is 2. The van der Waals surface area contributed by atoms with Crippen molar-refractivity contribution in [2.24, 2.45) is 5.92 Å². The summed E-state index contributed by atoms with van der Waals surface area (Å²) in [6.07, 6.45) is 4.50. The van der Waals surface area contributed by atoms with Crippen molar-refractivity contribution in [3.63, 3.8) is 0 Å². The lowest BCUT2D eigenvalue weighted by Crippen LogP contribution is -2.38. The van der Waals surface area contributed by atoms with E-state index in [4.69, 9.17) is 5.73 Å². The zero-order valence-corrected chi connectivity index (χ0v) is 12.7. The summed E-state index contributed by atoms with van der Waals surface area (Å²) in [5.74, 6) is -1.71. The molecule has 1 fully saturated rings. The van der Waals surface area contributed by atoms with E-state index in [9.17, 15) is 17.2 Å². The molecule has 0 bridgehead atoms. The van der Waals surface area contributed by atoms with E-state index >= 15 is 0 Å². The monoisotopic (exact) mass is 318 g/mol. The lowest BCUT2D eigenvalue weighted by Gasteiger charge is -2.28. The van der Waals surface area contributed by atoms with Gasteiger partial charge in [-0.25, -0.2) is 21.9 Å². The molecule has 1 aromatic carbocycles. The average Bonchev–Trinajstić information content (AvgIpc) is 2.44. The average molecular weight is 318 g/mol. The molecule has 1 aromatic rings. The van der Waals surface area contributed by atoms with Gasteiger partial charge in [-0.1, -0.05) is 26.2 Å². The van der Waals surface area contributed by atoms with Gasteiger partial charge in [0.1, 0.15) is 16.4 Å². The third-order valence-electron chi connectivity index (χ3n) is 4.06. The number of sulfonamides is 1. The second-order valence-electron chi connectivity index (χ2n) is 5.53. The Morgan fingerprint density at radius 2 is 2.05 bits per heavy atom. The number of rotatable bonds is 4. The molecule has 1 aliphatic rings. The highest BCUT2D eigenvalue weighted by Gasteiger charge is 2.28. The minimum absolute atomic E-state index is 0.209. The van der Waals surface area contributed by atoms with Gasteiger partial charge < -0.3 is 5.73 Å². The van der Waals surface area contributed by atoms with Crippen molar-refractivity contribution in [2.45, 2.75) is 50.0 Å². The number of nitrogens with two attached hydrogens (primary N) is 1. The lowest BCUT2D eigenvalue weighted by molar-refractivity contribution is 0.301. The zero-order chi connectivity index (χ0) is 15.6. The van der Waals surface area contributed by atoms with Crippen LogP contribution < -0.4 is 10.5 Å². The quantitative estimate of drug-likeness (QED) is 0.839. The first kappa shape index (κ1) is 16.2. The molecular weight excluding hydrogens is 298 g/mol. The number of hydrogen-bond acceptors (Lipinski definition) is 3. The summed E-state index contributed by atoms with van der Waals surface area (Å²) in [6, 6.07) is 1.56. The Balaban J connectivity index is 2.21. The fourth-order valence-corrected chi connectivity index (χ4v) is 4.18. The smallest absolute Gasteiger partial charge is 0.243 e. The van der Waals surface area contributed by atoms with Crippen LogP contribution in [-0.2, 0) is 10.0 Å². The molecule has 0 amide bonds. The van der Waals surface area contributed by atoms with Gasteiger partial charge in [0, 0.05) is 6.04 Å². The maximum absolute atomic E-state index is 13.9. The van der Waals surface area contributed by atoms with Crippen LogP contribution in [0.1, 0.15) is 39.0 Å². The minimum Gasteiger partial charge on any atom is -0.394 e. The SMILES string of the molecule is CCC1CCCC(NS(=O)(=O)c2ccc(F)c(N)c2F)C1. The normalized spacial score (nSPS) is 23.2. The topological polar surface area (TPSA) is 72.2 Å². The predicted octanol–water partition coefficient (Wildman–Crippen LogP) is 2.79. The predicted molar refractivity (Wildman–Crippen MR) is 77.1 cm³/mol. The molecular formula is C14H20F2N2O2S. The summed E-state index contributed by atoms with van der Waals surface area (Å²) < 4.78 is 54.0. The molecule has 2 rings (SSSR count). The Hall–Kier alpha value is -1.21. The molecule has 0 saturated heterocycles. The zero-order valence-electron chi connectivity index (χ0n) is 11.9. The summed E-state index contributed by atoms with van der Waals surface area (Å²) in [6.45, 7) is 2.07. The number of anilines is 1. The molecule has 4 nitrogen and oxygen atoms in total. The largest absolute Gasteiger partial charge is 0.394 e. The van der Waals surface area contributed by atoms with Crippen LogP contribution in [0.2, 0.25) is 0 Å². The van der Waals surface area contributed by atoms with Crippen molar-refractivity contribution in [3.05, 3.63) is 23.8 Å². The lowest BCUT2D eigenvalue weighted by atomic mass is 9.85. The van der Waals surface area contributed by atoms with E-state index < -0.39 is 32.2 Å². The van der Waals surface area contributed by atoms with Crippen LogP contribution in [0.5, 0.6) is 0 Å². The summed E-state index contributed by atoms with van der Waals surface area (Å²) in [7, 11) is -4.03. The van der Waals surface area contributed by atoms with Crippen LogP contribution >= 0.6 is 0 Å². The first-order chi connectivity index (χ1) is 9.85. The fraction of sp³-hybridized carbons (Fsp3) is 0.571. The fourth-order valence-electron chi connectivity index (χ4n) is 2.81.